The van der Waals surface area contributed by atoms with Crippen molar-refractivity contribution in [2.24, 2.45) is 0 Å². The van der Waals surface area contributed by atoms with Crippen molar-refractivity contribution in [1.82, 2.24) is 10.5 Å². The molecular formula is C13H12FN3O4. The van der Waals surface area contributed by atoms with Gasteiger partial charge in [0, 0.05) is 6.07 Å². The summed E-state index contributed by atoms with van der Waals surface area (Å²) in [6, 6.07) is 4.22. The van der Waals surface area contributed by atoms with Gasteiger partial charge in [0.15, 0.2) is 0 Å². The normalized spacial score (nSPS) is 10.2. The van der Waals surface area contributed by atoms with Gasteiger partial charge in [0.25, 0.3) is 0 Å². The number of amides is 2. The zero-order chi connectivity index (χ0) is 15.4. The van der Waals surface area contributed by atoms with Gasteiger partial charge in [0.2, 0.25) is 0 Å². The van der Waals surface area contributed by atoms with Crippen molar-refractivity contribution >= 4 is 17.7 Å². The number of nitrogens with zero attached hydrogens (tertiary/aromatic N) is 1. The van der Waals surface area contributed by atoms with Gasteiger partial charge in [0.1, 0.15) is 17.3 Å². The Morgan fingerprint density at radius 2 is 2.14 bits per heavy atom. The second-order valence-electron chi connectivity index (χ2n) is 4.24. The molecule has 0 radical (unpaired) electrons. The summed E-state index contributed by atoms with van der Waals surface area (Å²) in [5, 5.41) is 17.1. The fourth-order valence-corrected chi connectivity index (χ4v) is 1.59. The first-order valence-corrected chi connectivity index (χ1v) is 5.95. The Morgan fingerprint density at radius 1 is 1.38 bits per heavy atom. The highest BCUT2D eigenvalue weighted by Crippen LogP contribution is 2.15. The number of hydrogen-bond donors (Lipinski definition) is 3. The first-order valence-electron chi connectivity index (χ1n) is 5.95. The summed E-state index contributed by atoms with van der Waals surface area (Å²) in [5.74, 6) is -1.46. The van der Waals surface area contributed by atoms with Crippen molar-refractivity contribution in [2.45, 2.75) is 13.5 Å². The van der Waals surface area contributed by atoms with Crippen LogP contribution in [0, 0.1) is 12.7 Å². The third-order valence-electron chi connectivity index (χ3n) is 2.57. The first kappa shape index (κ1) is 14.5. The van der Waals surface area contributed by atoms with Crippen molar-refractivity contribution in [3.05, 3.63) is 47.1 Å². The van der Waals surface area contributed by atoms with E-state index < -0.39 is 17.8 Å². The number of carboxylic acids is 1. The average molecular weight is 293 g/mol. The number of urea groups is 1. The largest absolute Gasteiger partial charge is 0.478 e. The molecule has 21 heavy (non-hydrogen) atoms. The van der Waals surface area contributed by atoms with E-state index in [1.807, 2.05) is 0 Å². The molecule has 0 bridgehead atoms. The van der Waals surface area contributed by atoms with Gasteiger partial charge in [0.05, 0.1) is 17.8 Å². The van der Waals surface area contributed by atoms with E-state index in [-0.39, 0.29) is 17.8 Å². The van der Waals surface area contributed by atoms with Crippen LogP contribution in [0.2, 0.25) is 0 Å². The van der Waals surface area contributed by atoms with Crippen LogP contribution in [-0.2, 0) is 6.54 Å². The zero-order valence-electron chi connectivity index (χ0n) is 11.0. The molecule has 0 saturated carbocycles. The van der Waals surface area contributed by atoms with Crippen molar-refractivity contribution in [1.29, 1.82) is 0 Å². The lowest BCUT2D eigenvalue weighted by Gasteiger charge is -2.07. The Hall–Kier alpha value is -2.90. The molecule has 0 aliphatic carbocycles. The lowest BCUT2D eigenvalue weighted by atomic mass is 10.2. The van der Waals surface area contributed by atoms with Gasteiger partial charge in [-0.1, -0.05) is 5.16 Å². The maximum atomic E-state index is 13.6. The third kappa shape index (κ3) is 3.78. The lowest BCUT2D eigenvalue weighted by Crippen LogP contribution is -2.28. The third-order valence-corrected chi connectivity index (χ3v) is 2.57. The minimum Gasteiger partial charge on any atom is -0.478 e. The smallest absolute Gasteiger partial charge is 0.335 e. The van der Waals surface area contributed by atoms with Gasteiger partial charge >= 0.3 is 12.0 Å². The predicted octanol–water partition coefficient (Wildman–Crippen LogP) is 2.14. The van der Waals surface area contributed by atoms with Crippen LogP contribution in [0.5, 0.6) is 0 Å². The molecular weight excluding hydrogens is 281 g/mol. The first-order chi connectivity index (χ1) is 9.95. The van der Waals surface area contributed by atoms with Crippen LogP contribution in [0.3, 0.4) is 0 Å². The van der Waals surface area contributed by atoms with E-state index in [1.54, 1.807) is 13.0 Å². The van der Waals surface area contributed by atoms with Crippen LogP contribution < -0.4 is 10.6 Å². The van der Waals surface area contributed by atoms with E-state index in [1.165, 1.54) is 12.1 Å². The summed E-state index contributed by atoms with van der Waals surface area (Å²) in [6.07, 6.45) is 0. The van der Waals surface area contributed by atoms with E-state index in [0.717, 1.165) is 6.07 Å². The van der Waals surface area contributed by atoms with Gasteiger partial charge < -0.3 is 20.3 Å². The summed E-state index contributed by atoms with van der Waals surface area (Å²) in [4.78, 5) is 22.3. The predicted molar refractivity (Wildman–Crippen MR) is 70.5 cm³/mol. The molecule has 1 aromatic carbocycles. The number of benzene rings is 1. The summed E-state index contributed by atoms with van der Waals surface area (Å²) >= 11 is 0. The lowest BCUT2D eigenvalue weighted by molar-refractivity contribution is 0.0696. The molecule has 0 aliphatic rings. The number of halogens is 1. The number of aromatic nitrogens is 1. The topological polar surface area (TPSA) is 104 Å². The fourth-order valence-electron chi connectivity index (χ4n) is 1.59. The molecule has 0 unspecified atom stereocenters. The van der Waals surface area contributed by atoms with Crippen LogP contribution in [-0.4, -0.2) is 22.3 Å². The van der Waals surface area contributed by atoms with Crippen molar-refractivity contribution in [3.8, 4) is 0 Å². The molecule has 1 heterocycles. The van der Waals surface area contributed by atoms with E-state index in [9.17, 15) is 14.0 Å². The second-order valence-corrected chi connectivity index (χ2v) is 4.24. The molecule has 2 amide bonds. The Bertz CT molecular complexity index is 684. The molecule has 0 atom stereocenters. The van der Waals surface area contributed by atoms with Crippen molar-refractivity contribution in [2.75, 3.05) is 5.32 Å². The Kier molecular flexibility index (Phi) is 4.17. The number of rotatable bonds is 4. The molecule has 0 saturated heterocycles. The minimum atomic E-state index is -1.24. The molecule has 0 spiro atoms. The number of aromatic carboxylic acids is 1. The summed E-state index contributed by atoms with van der Waals surface area (Å²) in [5.41, 5.74) is 0.217. The molecule has 1 aromatic heterocycles. The minimum absolute atomic E-state index is 0.117. The number of carboxylic acid groups (broad SMARTS) is 1. The summed E-state index contributed by atoms with van der Waals surface area (Å²) in [7, 11) is 0. The molecule has 8 heteroatoms. The van der Waals surface area contributed by atoms with E-state index in [4.69, 9.17) is 9.63 Å². The average Bonchev–Trinajstić information content (AvgIpc) is 2.84. The van der Waals surface area contributed by atoms with Gasteiger partial charge in [-0.25, -0.2) is 14.0 Å². The number of carbonyl (C=O) groups excluding carboxylic acids is 1. The molecule has 0 fully saturated rings. The zero-order valence-corrected chi connectivity index (χ0v) is 11.0. The standard InChI is InChI=1S/C13H12FN3O4/c1-7-4-9(17-21-7)6-15-13(20)16-11-3-2-8(12(18)19)5-10(11)14/h2-5H,6H2,1H3,(H,18,19)(H2,15,16,20). The van der Waals surface area contributed by atoms with E-state index >= 15 is 0 Å². The number of hydrogen-bond acceptors (Lipinski definition) is 4. The van der Waals surface area contributed by atoms with Crippen molar-refractivity contribution in [3.63, 3.8) is 0 Å². The van der Waals surface area contributed by atoms with Crippen LogP contribution in [0.1, 0.15) is 21.8 Å². The second kappa shape index (κ2) is 6.04. The Balaban J connectivity index is 1.94. The maximum absolute atomic E-state index is 13.6. The SMILES string of the molecule is Cc1cc(CNC(=O)Nc2ccc(C(=O)O)cc2F)no1. The number of aryl methyl sites for hydroxylation is 1. The molecule has 3 N–H and O–H groups in total. The Labute approximate surface area is 118 Å². The number of nitrogens with one attached hydrogen (secondary N) is 2. The van der Waals surface area contributed by atoms with Crippen LogP contribution in [0.15, 0.2) is 28.8 Å². The van der Waals surface area contributed by atoms with Gasteiger partial charge in [-0.2, -0.15) is 0 Å². The molecule has 2 rings (SSSR count). The summed E-state index contributed by atoms with van der Waals surface area (Å²) in [6.45, 7) is 1.84. The van der Waals surface area contributed by atoms with Gasteiger partial charge in [-0.3, -0.25) is 0 Å². The van der Waals surface area contributed by atoms with Crippen molar-refractivity contribution < 1.29 is 23.6 Å². The van der Waals surface area contributed by atoms with Gasteiger partial charge in [-0.05, 0) is 25.1 Å². The molecule has 0 aliphatic heterocycles. The highest BCUT2D eigenvalue weighted by molar-refractivity contribution is 5.91. The van der Waals surface area contributed by atoms with E-state index in [0.29, 0.717) is 11.5 Å². The van der Waals surface area contributed by atoms with Crippen LogP contribution >= 0.6 is 0 Å². The monoisotopic (exact) mass is 293 g/mol. The highest BCUT2D eigenvalue weighted by atomic mass is 19.1. The molecule has 7 nitrogen and oxygen atoms in total. The fraction of sp³-hybridized carbons (Fsp3) is 0.154. The maximum Gasteiger partial charge on any atom is 0.335 e. The quantitative estimate of drug-likeness (QED) is 0.801. The molecule has 2 aromatic rings. The Morgan fingerprint density at radius 3 is 2.71 bits per heavy atom. The highest BCUT2D eigenvalue weighted by Gasteiger charge is 2.11. The number of carbonyl (C=O) groups is 2. The summed E-state index contributed by atoms with van der Waals surface area (Å²) < 4.78 is 18.4. The van der Waals surface area contributed by atoms with Crippen LogP contribution in [0.4, 0.5) is 14.9 Å². The van der Waals surface area contributed by atoms with Gasteiger partial charge in [-0.15, -0.1) is 0 Å². The van der Waals surface area contributed by atoms with Crippen LogP contribution in [0.25, 0.3) is 0 Å². The molecule has 110 valence electrons. The van der Waals surface area contributed by atoms with E-state index in [2.05, 4.69) is 15.8 Å². The number of anilines is 1.